The minimum atomic E-state index is -0.127. The first-order valence-electron chi connectivity index (χ1n) is 9.01. The Balaban J connectivity index is 1.40. The smallest absolute Gasteiger partial charge is 0.309 e. The fourth-order valence-electron chi connectivity index (χ4n) is 3.55. The van der Waals surface area contributed by atoms with Gasteiger partial charge >= 0.3 is 5.91 Å². The van der Waals surface area contributed by atoms with Gasteiger partial charge in [-0.15, -0.1) is 0 Å². The van der Waals surface area contributed by atoms with Crippen molar-refractivity contribution in [3.63, 3.8) is 0 Å². The molecule has 0 radical (unpaired) electrons. The number of methoxy groups -OCH3 is 1. The summed E-state index contributed by atoms with van der Waals surface area (Å²) >= 11 is 0. The minimum Gasteiger partial charge on any atom is -0.497 e. The van der Waals surface area contributed by atoms with Gasteiger partial charge in [0.25, 0.3) is 5.89 Å². The van der Waals surface area contributed by atoms with Crippen LogP contribution in [-0.2, 0) is 6.42 Å². The second-order valence-electron chi connectivity index (χ2n) is 6.78. The van der Waals surface area contributed by atoms with Gasteiger partial charge in [-0.05, 0) is 42.9 Å². The van der Waals surface area contributed by atoms with Gasteiger partial charge in [-0.3, -0.25) is 4.79 Å². The van der Waals surface area contributed by atoms with Crippen molar-refractivity contribution in [1.29, 1.82) is 0 Å². The molecule has 26 heavy (non-hydrogen) atoms. The van der Waals surface area contributed by atoms with Crippen molar-refractivity contribution >= 4 is 17.0 Å². The Morgan fingerprint density at radius 3 is 2.69 bits per heavy atom. The van der Waals surface area contributed by atoms with E-state index in [0.717, 1.165) is 32.4 Å². The van der Waals surface area contributed by atoms with E-state index in [1.54, 1.807) is 25.3 Å². The van der Waals surface area contributed by atoms with Crippen molar-refractivity contribution in [2.75, 3.05) is 20.2 Å². The number of fused-ring (bicyclic) bond motifs is 1. The van der Waals surface area contributed by atoms with Crippen molar-refractivity contribution in [3.05, 3.63) is 60.0 Å². The second-order valence-corrected chi connectivity index (χ2v) is 6.78. The van der Waals surface area contributed by atoms with E-state index >= 15 is 0 Å². The van der Waals surface area contributed by atoms with Gasteiger partial charge in [-0.1, -0.05) is 30.3 Å². The van der Waals surface area contributed by atoms with Gasteiger partial charge in [-0.2, -0.15) is 0 Å². The molecule has 3 aromatic rings. The fourth-order valence-corrected chi connectivity index (χ4v) is 3.55. The van der Waals surface area contributed by atoms with E-state index in [-0.39, 0.29) is 11.8 Å². The van der Waals surface area contributed by atoms with Crippen LogP contribution in [0.1, 0.15) is 29.1 Å². The molecule has 2 aromatic carbocycles. The summed E-state index contributed by atoms with van der Waals surface area (Å²) in [6.07, 6.45) is 3.09. The summed E-state index contributed by atoms with van der Waals surface area (Å²) in [5, 5.41) is 0. The molecule has 0 atom stereocenters. The number of benzene rings is 2. The highest BCUT2D eigenvalue weighted by atomic mass is 16.5. The monoisotopic (exact) mass is 350 g/mol. The lowest BCUT2D eigenvalue weighted by Gasteiger charge is -2.31. The molecule has 1 aromatic heterocycles. The van der Waals surface area contributed by atoms with Gasteiger partial charge in [0.05, 0.1) is 7.11 Å². The molecule has 0 N–H and O–H groups in total. The maximum Gasteiger partial charge on any atom is 0.309 e. The Kier molecular flexibility index (Phi) is 4.61. The van der Waals surface area contributed by atoms with E-state index in [2.05, 4.69) is 29.2 Å². The molecule has 1 aliphatic heterocycles. The standard InChI is InChI=1S/C21H22N2O3/c1-25-17-7-8-19-18(14-17)22-20(26-19)21(24)23-11-9-16(10-12-23)13-15-5-3-2-4-6-15/h2-8,14,16H,9-13H2,1H3. The maximum absolute atomic E-state index is 12.7. The predicted octanol–water partition coefficient (Wildman–Crippen LogP) is 3.93. The maximum atomic E-state index is 12.7. The molecule has 134 valence electrons. The molecule has 0 saturated carbocycles. The molecule has 1 amide bonds. The second kappa shape index (κ2) is 7.20. The molecule has 0 bridgehead atoms. The first-order chi connectivity index (χ1) is 12.7. The molecule has 2 heterocycles. The van der Waals surface area contributed by atoms with E-state index in [9.17, 15) is 4.79 Å². The quantitative estimate of drug-likeness (QED) is 0.715. The van der Waals surface area contributed by atoms with E-state index in [1.807, 2.05) is 11.0 Å². The summed E-state index contributed by atoms with van der Waals surface area (Å²) in [4.78, 5) is 18.9. The summed E-state index contributed by atoms with van der Waals surface area (Å²) in [6.45, 7) is 1.50. The zero-order valence-electron chi connectivity index (χ0n) is 14.9. The van der Waals surface area contributed by atoms with E-state index in [0.29, 0.717) is 22.8 Å². The van der Waals surface area contributed by atoms with E-state index in [4.69, 9.17) is 9.15 Å². The number of hydrogen-bond acceptors (Lipinski definition) is 4. The summed E-state index contributed by atoms with van der Waals surface area (Å²) in [6, 6.07) is 15.9. The Morgan fingerprint density at radius 1 is 1.19 bits per heavy atom. The van der Waals surface area contributed by atoms with Crippen LogP contribution in [0.25, 0.3) is 11.1 Å². The largest absolute Gasteiger partial charge is 0.497 e. The van der Waals surface area contributed by atoms with E-state index in [1.165, 1.54) is 5.56 Å². The van der Waals surface area contributed by atoms with Crippen LogP contribution in [0.2, 0.25) is 0 Å². The minimum absolute atomic E-state index is 0.127. The number of carbonyl (C=O) groups is 1. The first kappa shape index (κ1) is 16.6. The molecule has 0 spiro atoms. The van der Waals surface area contributed by atoms with Crippen LogP contribution in [0.15, 0.2) is 52.9 Å². The summed E-state index contributed by atoms with van der Waals surface area (Å²) in [7, 11) is 1.60. The molecule has 4 rings (SSSR count). The highest BCUT2D eigenvalue weighted by molar-refractivity contribution is 5.92. The zero-order valence-corrected chi connectivity index (χ0v) is 14.9. The molecule has 5 nitrogen and oxygen atoms in total. The van der Waals surface area contributed by atoms with Crippen molar-refractivity contribution in [2.45, 2.75) is 19.3 Å². The number of carbonyl (C=O) groups excluding carboxylic acids is 1. The molecule has 1 fully saturated rings. The highest BCUT2D eigenvalue weighted by Crippen LogP contribution is 2.25. The number of aromatic nitrogens is 1. The number of ether oxygens (including phenoxy) is 1. The van der Waals surface area contributed by atoms with Crippen molar-refractivity contribution in [2.24, 2.45) is 5.92 Å². The lowest BCUT2D eigenvalue weighted by molar-refractivity contribution is 0.0653. The van der Waals surface area contributed by atoms with Crippen LogP contribution in [0.5, 0.6) is 5.75 Å². The summed E-state index contributed by atoms with van der Waals surface area (Å²) in [5.74, 6) is 1.36. The van der Waals surface area contributed by atoms with Crippen LogP contribution >= 0.6 is 0 Å². The third-order valence-electron chi connectivity index (χ3n) is 5.05. The average molecular weight is 350 g/mol. The van der Waals surface area contributed by atoms with Gasteiger partial charge in [0.1, 0.15) is 11.3 Å². The predicted molar refractivity (Wildman–Crippen MR) is 99.3 cm³/mol. The number of likely N-dealkylation sites (tertiary alicyclic amines) is 1. The number of rotatable bonds is 4. The molecule has 5 heteroatoms. The van der Waals surface area contributed by atoms with Crippen LogP contribution in [0, 0.1) is 5.92 Å². The number of hydrogen-bond donors (Lipinski definition) is 0. The average Bonchev–Trinajstić information content (AvgIpc) is 3.12. The molecule has 1 aliphatic rings. The van der Waals surface area contributed by atoms with Crippen LogP contribution in [0.3, 0.4) is 0 Å². The molecular weight excluding hydrogens is 328 g/mol. The third kappa shape index (κ3) is 3.43. The SMILES string of the molecule is COc1ccc2oc(C(=O)N3CCC(Cc4ccccc4)CC3)nc2c1. The van der Waals surface area contributed by atoms with Crippen molar-refractivity contribution < 1.29 is 13.9 Å². The number of amides is 1. The molecule has 0 aliphatic carbocycles. The van der Waals surface area contributed by atoms with Crippen molar-refractivity contribution in [3.8, 4) is 5.75 Å². The Morgan fingerprint density at radius 2 is 1.96 bits per heavy atom. The Labute approximate surface area is 152 Å². The third-order valence-corrected chi connectivity index (χ3v) is 5.05. The van der Waals surface area contributed by atoms with Crippen LogP contribution in [-0.4, -0.2) is 36.0 Å². The number of piperidine rings is 1. The molecular formula is C21H22N2O3. The highest BCUT2D eigenvalue weighted by Gasteiger charge is 2.27. The summed E-state index contributed by atoms with van der Waals surface area (Å²) < 4.78 is 10.8. The first-order valence-corrected chi connectivity index (χ1v) is 9.01. The lowest BCUT2D eigenvalue weighted by Crippen LogP contribution is -2.39. The molecule has 0 unspecified atom stereocenters. The van der Waals surface area contributed by atoms with Crippen LogP contribution in [0.4, 0.5) is 0 Å². The molecule has 1 saturated heterocycles. The van der Waals surface area contributed by atoms with E-state index < -0.39 is 0 Å². The lowest BCUT2D eigenvalue weighted by atomic mass is 9.90. The van der Waals surface area contributed by atoms with Gasteiger partial charge in [0.15, 0.2) is 5.58 Å². The van der Waals surface area contributed by atoms with Gasteiger partial charge in [0, 0.05) is 19.2 Å². The topological polar surface area (TPSA) is 55.6 Å². The fraction of sp³-hybridized carbons (Fsp3) is 0.333. The van der Waals surface area contributed by atoms with Crippen LogP contribution < -0.4 is 4.74 Å². The zero-order chi connectivity index (χ0) is 17.9. The Hall–Kier alpha value is -2.82. The normalized spacial score (nSPS) is 15.3. The number of oxazole rings is 1. The number of nitrogens with zero attached hydrogens (tertiary/aromatic N) is 2. The van der Waals surface area contributed by atoms with Gasteiger partial charge < -0.3 is 14.1 Å². The van der Waals surface area contributed by atoms with Gasteiger partial charge in [-0.25, -0.2) is 4.98 Å². The van der Waals surface area contributed by atoms with Gasteiger partial charge in [0.2, 0.25) is 0 Å². The summed E-state index contributed by atoms with van der Waals surface area (Å²) in [5.41, 5.74) is 2.62. The van der Waals surface area contributed by atoms with Crippen molar-refractivity contribution in [1.82, 2.24) is 9.88 Å². The Bertz CT molecular complexity index is 896.